The molecule has 0 saturated heterocycles. The number of aliphatic hydroxyl groups is 1. The summed E-state index contributed by atoms with van der Waals surface area (Å²) >= 11 is 1.55. The van der Waals surface area contributed by atoms with Crippen LogP contribution < -0.4 is 10.6 Å². The third kappa shape index (κ3) is 4.21. The molecule has 2 aromatic carbocycles. The van der Waals surface area contributed by atoms with E-state index < -0.39 is 17.4 Å². The lowest BCUT2D eigenvalue weighted by molar-refractivity contribution is -0.136. The number of nitrogens with one attached hydrogen (secondary N) is 2. The number of thioether (sulfide) groups is 1. The number of amides is 2. The Morgan fingerprint density at radius 3 is 2.40 bits per heavy atom. The van der Waals surface area contributed by atoms with Crippen LogP contribution in [0.15, 0.2) is 53.4 Å². The second kappa shape index (κ2) is 7.29. The maximum absolute atomic E-state index is 12.0. The van der Waals surface area contributed by atoms with E-state index in [0.29, 0.717) is 18.5 Å². The molecular weight excluding hydrogens is 336 g/mol. The zero-order valence-electron chi connectivity index (χ0n) is 13.9. The summed E-state index contributed by atoms with van der Waals surface area (Å²) in [6.45, 7) is 0.0405. The molecule has 1 aliphatic carbocycles. The van der Waals surface area contributed by atoms with Crippen molar-refractivity contribution >= 4 is 29.3 Å². The lowest BCUT2D eigenvalue weighted by Gasteiger charge is -2.22. The van der Waals surface area contributed by atoms with Gasteiger partial charge in [0.2, 0.25) is 0 Å². The molecule has 1 aliphatic rings. The molecule has 2 amide bonds. The van der Waals surface area contributed by atoms with Crippen LogP contribution in [0.1, 0.15) is 11.1 Å². The topological polar surface area (TPSA) is 78.4 Å². The molecule has 0 atom stereocenters. The Morgan fingerprint density at radius 2 is 1.76 bits per heavy atom. The zero-order chi connectivity index (χ0) is 17.9. The molecule has 6 heteroatoms. The average Bonchev–Trinajstić information content (AvgIpc) is 2.96. The molecule has 0 saturated carbocycles. The molecule has 3 rings (SSSR count). The van der Waals surface area contributed by atoms with Crippen LogP contribution in [0.2, 0.25) is 0 Å². The quantitative estimate of drug-likeness (QED) is 0.578. The van der Waals surface area contributed by atoms with Gasteiger partial charge in [-0.1, -0.05) is 30.3 Å². The van der Waals surface area contributed by atoms with Crippen molar-refractivity contribution in [2.75, 3.05) is 18.1 Å². The van der Waals surface area contributed by atoms with E-state index in [1.807, 2.05) is 42.7 Å². The molecule has 0 bridgehead atoms. The van der Waals surface area contributed by atoms with Crippen molar-refractivity contribution in [3.8, 4) is 0 Å². The molecule has 5 nitrogen and oxygen atoms in total. The normalized spacial score (nSPS) is 14.6. The highest BCUT2D eigenvalue weighted by atomic mass is 32.2. The minimum atomic E-state index is -1.04. The summed E-state index contributed by atoms with van der Waals surface area (Å²) in [6, 6.07) is 15.1. The van der Waals surface area contributed by atoms with Crippen LogP contribution in [0.5, 0.6) is 0 Å². The van der Waals surface area contributed by atoms with Crippen molar-refractivity contribution < 1.29 is 14.7 Å². The first-order valence-electron chi connectivity index (χ1n) is 8.01. The number of anilines is 1. The summed E-state index contributed by atoms with van der Waals surface area (Å²) in [5.74, 6) is -1.49. The highest BCUT2D eigenvalue weighted by Gasteiger charge is 2.35. The van der Waals surface area contributed by atoms with Crippen molar-refractivity contribution in [3.63, 3.8) is 0 Å². The van der Waals surface area contributed by atoms with Gasteiger partial charge in [-0.15, -0.1) is 11.8 Å². The molecular formula is C19H20N2O3S. The van der Waals surface area contributed by atoms with E-state index in [1.54, 1.807) is 23.9 Å². The molecule has 0 unspecified atom stereocenters. The van der Waals surface area contributed by atoms with Crippen molar-refractivity contribution in [2.45, 2.75) is 23.3 Å². The second-order valence-corrected chi connectivity index (χ2v) is 7.10. The minimum absolute atomic E-state index is 0.0405. The van der Waals surface area contributed by atoms with Gasteiger partial charge in [0, 0.05) is 30.0 Å². The molecule has 130 valence electrons. The highest BCUT2D eigenvalue weighted by molar-refractivity contribution is 7.98. The summed E-state index contributed by atoms with van der Waals surface area (Å²) in [5.41, 5.74) is 1.69. The Balaban J connectivity index is 1.55. The Morgan fingerprint density at radius 1 is 1.08 bits per heavy atom. The van der Waals surface area contributed by atoms with Gasteiger partial charge in [0.25, 0.3) is 0 Å². The highest BCUT2D eigenvalue weighted by Crippen LogP contribution is 2.29. The van der Waals surface area contributed by atoms with E-state index >= 15 is 0 Å². The van der Waals surface area contributed by atoms with E-state index in [1.165, 1.54) is 0 Å². The summed E-state index contributed by atoms with van der Waals surface area (Å²) < 4.78 is 0. The molecule has 0 heterocycles. The average molecular weight is 356 g/mol. The summed E-state index contributed by atoms with van der Waals surface area (Å²) in [6.07, 6.45) is 2.88. The van der Waals surface area contributed by atoms with Crippen molar-refractivity contribution in [3.05, 3.63) is 59.7 Å². The first-order valence-corrected chi connectivity index (χ1v) is 9.24. The van der Waals surface area contributed by atoms with Crippen LogP contribution >= 0.6 is 11.8 Å². The lowest BCUT2D eigenvalue weighted by Crippen LogP contribution is -2.46. The van der Waals surface area contributed by atoms with Gasteiger partial charge < -0.3 is 15.7 Å². The number of hydrogen-bond acceptors (Lipinski definition) is 4. The predicted molar refractivity (Wildman–Crippen MR) is 98.7 cm³/mol. The fourth-order valence-electron chi connectivity index (χ4n) is 3.01. The Kier molecular flexibility index (Phi) is 5.11. The standard InChI is InChI=1S/C19H20N2O3S/c1-25-16-8-4-7-15(9-16)21-18(23)17(22)20-12-19(24)10-13-5-2-3-6-14(13)11-19/h2-9,24H,10-12H2,1H3,(H,20,22)(H,21,23). The molecule has 25 heavy (non-hydrogen) atoms. The Hall–Kier alpha value is -2.31. The lowest BCUT2D eigenvalue weighted by atomic mass is 10.0. The molecule has 2 aromatic rings. The fraction of sp³-hybridized carbons (Fsp3) is 0.263. The van der Waals surface area contributed by atoms with Gasteiger partial charge in [0.1, 0.15) is 0 Å². The van der Waals surface area contributed by atoms with Crippen molar-refractivity contribution in [2.24, 2.45) is 0 Å². The van der Waals surface area contributed by atoms with Crippen LogP contribution in [-0.2, 0) is 22.4 Å². The smallest absolute Gasteiger partial charge is 0.313 e. The molecule has 0 fully saturated rings. The largest absolute Gasteiger partial charge is 0.387 e. The fourth-order valence-corrected chi connectivity index (χ4v) is 3.47. The van der Waals surface area contributed by atoms with Crippen LogP contribution in [0.25, 0.3) is 0 Å². The van der Waals surface area contributed by atoms with Crippen LogP contribution in [0.4, 0.5) is 5.69 Å². The zero-order valence-corrected chi connectivity index (χ0v) is 14.7. The molecule has 0 aliphatic heterocycles. The van der Waals surface area contributed by atoms with E-state index in [-0.39, 0.29) is 6.54 Å². The maximum Gasteiger partial charge on any atom is 0.313 e. The first-order chi connectivity index (χ1) is 12.0. The van der Waals surface area contributed by atoms with E-state index in [4.69, 9.17) is 0 Å². The predicted octanol–water partition coefficient (Wildman–Crippen LogP) is 1.99. The SMILES string of the molecule is CSc1cccc(NC(=O)C(=O)NCC2(O)Cc3ccccc3C2)c1. The minimum Gasteiger partial charge on any atom is -0.387 e. The van der Waals surface area contributed by atoms with Gasteiger partial charge >= 0.3 is 11.8 Å². The van der Waals surface area contributed by atoms with Crippen LogP contribution in [0.3, 0.4) is 0 Å². The number of carbonyl (C=O) groups excluding carboxylic acids is 2. The van der Waals surface area contributed by atoms with E-state index in [9.17, 15) is 14.7 Å². The third-order valence-electron chi connectivity index (χ3n) is 4.27. The van der Waals surface area contributed by atoms with Gasteiger partial charge in [-0.05, 0) is 35.6 Å². The van der Waals surface area contributed by atoms with Gasteiger partial charge in [-0.25, -0.2) is 0 Å². The maximum atomic E-state index is 12.0. The number of rotatable bonds is 4. The molecule has 0 aromatic heterocycles. The van der Waals surface area contributed by atoms with Crippen molar-refractivity contribution in [1.82, 2.24) is 5.32 Å². The monoisotopic (exact) mass is 356 g/mol. The molecule has 3 N–H and O–H groups in total. The molecule has 0 spiro atoms. The Labute approximate surface area is 150 Å². The van der Waals surface area contributed by atoms with Gasteiger partial charge in [-0.2, -0.15) is 0 Å². The van der Waals surface area contributed by atoms with Gasteiger partial charge in [-0.3, -0.25) is 9.59 Å². The number of carbonyl (C=O) groups is 2. The van der Waals surface area contributed by atoms with E-state index in [0.717, 1.165) is 16.0 Å². The van der Waals surface area contributed by atoms with Gasteiger partial charge in [0.05, 0.1) is 5.60 Å². The summed E-state index contributed by atoms with van der Waals surface area (Å²) in [4.78, 5) is 25.1. The molecule has 0 radical (unpaired) electrons. The van der Waals surface area contributed by atoms with Crippen LogP contribution in [0, 0.1) is 0 Å². The second-order valence-electron chi connectivity index (χ2n) is 6.22. The Bertz CT molecular complexity index is 782. The summed E-state index contributed by atoms with van der Waals surface area (Å²) in [7, 11) is 0. The third-order valence-corrected chi connectivity index (χ3v) is 4.99. The number of hydrogen-bond donors (Lipinski definition) is 3. The first kappa shape index (κ1) is 17.5. The summed E-state index contributed by atoms with van der Waals surface area (Å²) in [5, 5.41) is 15.8. The number of benzene rings is 2. The van der Waals surface area contributed by atoms with Crippen LogP contribution in [-0.4, -0.2) is 35.3 Å². The van der Waals surface area contributed by atoms with E-state index in [2.05, 4.69) is 10.6 Å². The van der Waals surface area contributed by atoms with Crippen molar-refractivity contribution in [1.29, 1.82) is 0 Å². The number of fused-ring (bicyclic) bond motifs is 1. The van der Waals surface area contributed by atoms with Gasteiger partial charge in [0.15, 0.2) is 0 Å².